The van der Waals surface area contributed by atoms with E-state index in [4.69, 9.17) is 4.74 Å². The minimum absolute atomic E-state index is 0.0585. The van der Waals surface area contributed by atoms with Crippen LogP contribution in [-0.2, 0) is 14.3 Å². The number of rotatable bonds is 5. The number of amides is 2. The molecule has 0 spiro atoms. The summed E-state index contributed by atoms with van der Waals surface area (Å²) in [6, 6.07) is 5.43. The maximum Gasteiger partial charge on any atom is 0.471 e. The molecule has 2 N–H and O–H groups in total. The third-order valence-corrected chi connectivity index (χ3v) is 2.19. The SMILES string of the molecule is COCCC(=O)Nc1cccc(NC(=O)C(F)(F)F)c1. The van der Waals surface area contributed by atoms with Crippen molar-refractivity contribution in [2.45, 2.75) is 12.6 Å². The normalized spacial score (nSPS) is 11.0. The van der Waals surface area contributed by atoms with Crippen LogP contribution in [0.25, 0.3) is 0 Å². The highest BCUT2D eigenvalue weighted by molar-refractivity contribution is 5.96. The molecule has 1 aromatic rings. The van der Waals surface area contributed by atoms with E-state index in [0.717, 1.165) is 0 Å². The molecule has 110 valence electrons. The van der Waals surface area contributed by atoms with Gasteiger partial charge in [0.25, 0.3) is 0 Å². The molecular weight excluding hydrogens is 277 g/mol. The van der Waals surface area contributed by atoms with Gasteiger partial charge in [0.2, 0.25) is 5.91 Å². The quantitative estimate of drug-likeness (QED) is 0.873. The van der Waals surface area contributed by atoms with Crippen molar-refractivity contribution >= 4 is 23.2 Å². The molecule has 5 nitrogen and oxygen atoms in total. The first-order valence-corrected chi connectivity index (χ1v) is 5.60. The second-order valence-corrected chi connectivity index (χ2v) is 3.82. The number of halogens is 3. The van der Waals surface area contributed by atoms with Crippen LogP contribution in [0.2, 0.25) is 0 Å². The molecule has 2 amide bonds. The molecule has 0 fully saturated rings. The van der Waals surface area contributed by atoms with Gasteiger partial charge in [0.15, 0.2) is 0 Å². The summed E-state index contributed by atoms with van der Waals surface area (Å²) in [5.41, 5.74) is 0.225. The zero-order valence-electron chi connectivity index (χ0n) is 10.6. The molecule has 8 heteroatoms. The van der Waals surface area contributed by atoms with Crippen LogP contribution in [0.15, 0.2) is 24.3 Å². The minimum Gasteiger partial charge on any atom is -0.384 e. The number of benzene rings is 1. The van der Waals surface area contributed by atoms with Gasteiger partial charge in [-0.1, -0.05) is 6.07 Å². The van der Waals surface area contributed by atoms with E-state index in [-0.39, 0.29) is 30.3 Å². The Kier molecular flexibility index (Phi) is 5.51. The summed E-state index contributed by atoms with van der Waals surface area (Å²) in [5.74, 6) is -2.41. The van der Waals surface area contributed by atoms with Crippen molar-refractivity contribution in [3.63, 3.8) is 0 Å². The Hall–Kier alpha value is -2.09. The maximum absolute atomic E-state index is 12.1. The van der Waals surface area contributed by atoms with Crippen molar-refractivity contribution in [2.75, 3.05) is 24.4 Å². The summed E-state index contributed by atoms with van der Waals surface area (Å²) in [6.45, 7) is 0.232. The zero-order chi connectivity index (χ0) is 15.2. The number of hydrogen-bond acceptors (Lipinski definition) is 3. The van der Waals surface area contributed by atoms with Gasteiger partial charge in [-0.3, -0.25) is 9.59 Å². The van der Waals surface area contributed by atoms with E-state index in [9.17, 15) is 22.8 Å². The predicted octanol–water partition coefficient (Wildman–Crippen LogP) is 2.16. The van der Waals surface area contributed by atoms with E-state index in [2.05, 4.69) is 5.32 Å². The van der Waals surface area contributed by atoms with E-state index < -0.39 is 12.1 Å². The highest BCUT2D eigenvalue weighted by atomic mass is 19.4. The van der Waals surface area contributed by atoms with E-state index in [1.807, 2.05) is 0 Å². The van der Waals surface area contributed by atoms with Gasteiger partial charge in [-0.2, -0.15) is 13.2 Å². The van der Waals surface area contributed by atoms with Crippen LogP contribution in [-0.4, -0.2) is 31.7 Å². The molecule has 0 aliphatic rings. The molecule has 0 aliphatic carbocycles. The Morgan fingerprint density at radius 3 is 2.35 bits per heavy atom. The predicted molar refractivity (Wildman–Crippen MR) is 66.2 cm³/mol. The second kappa shape index (κ2) is 6.90. The van der Waals surface area contributed by atoms with Crippen LogP contribution in [0, 0.1) is 0 Å². The first-order valence-electron chi connectivity index (χ1n) is 5.60. The molecule has 0 atom stereocenters. The molecule has 0 saturated carbocycles. The van der Waals surface area contributed by atoms with E-state index in [1.165, 1.54) is 31.4 Å². The lowest BCUT2D eigenvalue weighted by atomic mass is 10.2. The lowest BCUT2D eigenvalue weighted by molar-refractivity contribution is -0.167. The Balaban J connectivity index is 2.66. The molecule has 0 heterocycles. The number of carbonyl (C=O) groups is 2. The fraction of sp³-hybridized carbons (Fsp3) is 0.333. The summed E-state index contributed by atoms with van der Waals surface area (Å²) in [5, 5.41) is 4.18. The van der Waals surface area contributed by atoms with Gasteiger partial charge in [0.05, 0.1) is 13.0 Å². The average Bonchev–Trinajstić information content (AvgIpc) is 2.35. The van der Waals surface area contributed by atoms with Gasteiger partial charge < -0.3 is 15.4 Å². The number of methoxy groups -OCH3 is 1. The average molecular weight is 290 g/mol. The third-order valence-electron chi connectivity index (χ3n) is 2.19. The van der Waals surface area contributed by atoms with Gasteiger partial charge in [-0.15, -0.1) is 0 Å². The fourth-order valence-corrected chi connectivity index (χ4v) is 1.29. The molecule has 0 aromatic heterocycles. The van der Waals surface area contributed by atoms with Crippen molar-refractivity contribution in [1.82, 2.24) is 0 Å². The third kappa shape index (κ3) is 5.27. The fourth-order valence-electron chi connectivity index (χ4n) is 1.29. The molecular formula is C12H13F3N2O3. The number of nitrogens with one attached hydrogen (secondary N) is 2. The van der Waals surface area contributed by atoms with Gasteiger partial charge in [-0.25, -0.2) is 0 Å². The Bertz CT molecular complexity index is 489. The number of hydrogen-bond donors (Lipinski definition) is 2. The van der Waals surface area contributed by atoms with Crippen molar-refractivity contribution in [2.24, 2.45) is 0 Å². The zero-order valence-corrected chi connectivity index (χ0v) is 10.6. The molecule has 0 bridgehead atoms. The van der Waals surface area contributed by atoms with Crippen molar-refractivity contribution in [3.05, 3.63) is 24.3 Å². The highest BCUT2D eigenvalue weighted by Gasteiger charge is 2.38. The largest absolute Gasteiger partial charge is 0.471 e. The van der Waals surface area contributed by atoms with Crippen LogP contribution in [0.5, 0.6) is 0 Å². The maximum atomic E-state index is 12.1. The van der Waals surface area contributed by atoms with Gasteiger partial charge in [0.1, 0.15) is 0 Å². The standard InChI is InChI=1S/C12H13F3N2O3/c1-20-6-5-10(18)16-8-3-2-4-9(7-8)17-11(19)12(13,14)15/h2-4,7H,5-6H2,1H3,(H,16,18)(H,17,19). The molecule has 20 heavy (non-hydrogen) atoms. The molecule has 1 aromatic carbocycles. The topological polar surface area (TPSA) is 67.4 Å². The number of anilines is 2. The van der Waals surface area contributed by atoms with Crippen LogP contribution in [0.3, 0.4) is 0 Å². The summed E-state index contributed by atoms with van der Waals surface area (Å²) in [4.78, 5) is 22.2. The van der Waals surface area contributed by atoms with E-state index in [0.29, 0.717) is 0 Å². The number of carbonyl (C=O) groups excluding carboxylic acids is 2. The van der Waals surface area contributed by atoms with Crippen molar-refractivity contribution in [1.29, 1.82) is 0 Å². The molecule has 0 radical (unpaired) electrons. The van der Waals surface area contributed by atoms with Gasteiger partial charge in [0, 0.05) is 18.5 Å². The van der Waals surface area contributed by atoms with Crippen LogP contribution in [0.1, 0.15) is 6.42 Å². The summed E-state index contributed by atoms with van der Waals surface area (Å²) >= 11 is 0. The highest BCUT2D eigenvalue weighted by Crippen LogP contribution is 2.20. The van der Waals surface area contributed by atoms with Crippen LogP contribution in [0.4, 0.5) is 24.5 Å². The van der Waals surface area contributed by atoms with E-state index >= 15 is 0 Å². The number of alkyl halides is 3. The summed E-state index contributed by atoms with van der Waals surface area (Å²) in [7, 11) is 1.45. The molecule has 0 aliphatic heterocycles. The first-order chi connectivity index (χ1) is 9.32. The minimum atomic E-state index is -4.96. The lowest BCUT2D eigenvalue weighted by Gasteiger charge is -2.10. The first kappa shape index (κ1) is 16.0. The summed E-state index contributed by atoms with van der Waals surface area (Å²) in [6.07, 6.45) is -4.84. The molecule has 0 saturated heterocycles. The Morgan fingerprint density at radius 2 is 1.80 bits per heavy atom. The van der Waals surface area contributed by atoms with Crippen LogP contribution >= 0.6 is 0 Å². The Morgan fingerprint density at radius 1 is 1.20 bits per heavy atom. The Labute approximate surface area is 113 Å². The molecule has 0 unspecified atom stereocenters. The number of ether oxygens (including phenoxy) is 1. The monoisotopic (exact) mass is 290 g/mol. The van der Waals surface area contributed by atoms with Gasteiger partial charge >= 0.3 is 12.1 Å². The second-order valence-electron chi connectivity index (χ2n) is 3.82. The lowest BCUT2D eigenvalue weighted by Crippen LogP contribution is -2.29. The van der Waals surface area contributed by atoms with Crippen molar-refractivity contribution in [3.8, 4) is 0 Å². The van der Waals surface area contributed by atoms with E-state index in [1.54, 1.807) is 5.32 Å². The van der Waals surface area contributed by atoms with Crippen molar-refractivity contribution < 1.29 is 27.5 Å². The van der Waals surface area contributed by atoms with Gasteiger partial charge in [-0.05, 0) is 18.2 Å². The smallest absolute Gasteiger partial charge is 0.384 e. The summed E-state index contributed by atoms with van der Waals surface area (Å²) < 4.78 is 41.0. The molecule has 1 rings (SSSR count). The van der Waals surface area contributed by atoms with Crippen LogP contribution < -0.4 is 10.6 Å².